The summed E-state index contributed by atoms with van der Waals surface area (Å²) in [6, 6.07) is 5.52. The second-order valence-corrected chi connectivity index (χ2v) is 7.39. The van der Waals surface area contributed by atoms with E-state index in [1.54, 1.807) is 23.9 Å². The van der Waals surface area contributed by atoms with Gasteiger partial charge in [0.15, 0.2) is 0 Å². The molecule has 0 saturated heterocycles. The number of thiazole rings is 1. The zero-order valence-corrected chi connectivity index (χ0v) is 14.9. The van der Waals surface area contributed by atoms with Gasteiger partial charge in [-0.15, -0.1) is 11.3 Å². The molecule has 3 aromatic rings. The number of rotatable bonds is 5. The van der Waals surface area contributed by atoms with Gasteiger partial charge in [-0.1, -0.05) is 13.8 Å². The molecule has 0 radical (unpaired) electrons. The van der Waals surface area contributed by atoms with Gasteiger partial charge < -0.3 is 15.2 Å². The van der Waals surface area contributed by atoms with Crippen LogP contribution in [0.3, 0.4) is 0 Å². The number of anilines is 1. The van der Waals surface area contributed by atoms with Gasteiger partial charge in [-0.25, -0.2) is 14.8 Å². The van der Waals surface area contributed by atoms with Crippen LogP contribution >= 0.6 is 11.3 Å². The summed E-state index contributed by atoms with van der Waals surface area (Å²) in [5.41, 5.74) is 2.63. The Kier molecular flexibility index (Phi) is 4.80. The van der Waals surface area contributed by atoms with Crippen molar-refractivity contribution in [2.75, 3.05) is 5.32 Å². The summed E-state index contributed by atoms with van der Waals surface area (Å²) in [5.74, 6) is 0.528. The van der Waals surface area contributed by atoms with Crippen LogP contribution in [0, 0.1) is 12.8 Å². The van der Waals surface area contributed by atoms with Crippen LogP contribution in [0.25, 0.3) is 10.2 Å². The van der Waals surface area contributed by atoms with Crippen molar-refractivity contribution in [1.29, 1.82) is 0 Å². The first-order valence-electron chi connectivity index (χ1n) is 7.92. The molecular weight excluding hydrogens is 322 g/mol. The third-order valence-electron chi connectivity index (χ3n) is 3.54. The molecule has 0 atom stereocenters. The topological polar surface area (TPSA) is 71.8 Å². The third kappa shape index (κ3) is 3.91. The summed E-state index contributed by atoms with van der Waals surface area (Å²) in [6.07, 6.45) is 3.58. The smallest absolute Gasteiger partial charge is 0.319 e. The van der Waals surface area contributed by atoms with Gasteiger partial charge in [0.2, 0.25) is 0 Å². The second-order valence-electron chi connectivity index (χ2n) is 6.15. The number of nitrogens with one attached hydrogen (secondary N) is 2. The van der Waals surface area contributed by atoms with Gasteiger partial charge >= 0.3 is 6.03 Å². The van der Waals surface area contributed by atoms with Crippen molar-refractivity contribution < 1.29 is 4.79 Å². The molecule has 0 unspecified atom stereocenters. The molecule has 24 heavy (non-hydrogen) atoms. The Labute approximate surface area is 144 Å². The molecule has 0 saturated carbocycles. The first kappa shape index (κ1) is 16.4. The van der Waals surface area contributed by atoms with Gasteiger partial charge in [-0.05, 0) is 31.0 Å². The van der Waals surface area contributed by atoms with Gasteiger partial charge in [-0.2, -0.15) is 0 Å². The molecule has 0 spiro atoms. The number of aromatic nitrogens is 3. The van der Waals surface area contributed by atoms with E-state index in [4.69, 9.17) is 0 Å². The maximum absolute atomic E-state index is 12.1. The largest absolute Gasteiger partial charge is 0.333 e. The van der Waals surface area contributed by atoms with Crippen molar-refractivity contribution >= 4 is 33.3 Å². The van der Waals surface area contributed by atoms with Gasteiger partial charge in [-0.3, -0.25) is 0 Å². The minimum Gasteiger partial charge on any atom is -0.333 e. The third-order valence-corrected chi connectivity index (χ3v) is 4.49. The lowest BCUT2D eigenvalue weighted by Gasteiger charge is -2.12. The Hall–Kier alpha value is -2.41. The van der Waals surface area contributed by atoms with Crippen LogP contribution in [0.4, 0.5) is 10.5 Å². The summed E-state index contributed by atoms with van der Waals surface area (Å²) >= 11 is 1.65. The van der Waals surface area contributed by atoms with Crippen molar-refractivity contribution in [3.05, 3.63) is 41.4 Å². The fraction of sp³-hybridized carbons (Fsp3) is 0.353. The second kappa shape index (κ2) is 7.00. The molecule has 126 valence electrons. The minimum atomic E-state index is -0.237. The monoisotopic (exact) mass is 343 g/mol. The van der Waals surface area contributed by atoms with Gasteiger partial charge in [0.05, 0.1) is 33.8 Å². The summed E-state index contributed by atoms with van der Waals surface area (Å²) in [4.78, 5) is 20.7. The first-order valence-corrected chi connectivity index (χ1v) is 8.74. The molecule has 3 rings (SSSR count). The predicted molar refractivity (Wildman–Crippen MR) is 97.3 cm³/mol. The normalized spacial score (nSPS) is 11.2. The van der Waals surface area contributed by atoms with Gasteiger partial charge in [0, 0.05) is 18.4 Å². The molecule has 0 bridgehead atoms. The number of hydrogen-bond donors (Lipinski definition) is 2. The molecule has 7 heteroatoms. The van der Waals surface area contributed by atoms with Gasteiger partial charge in [0.1, 0.15) is 0 Å². The molecule has 2 N–H and O–H groups in total. The minimum absolute atomic E-state index is 0.237. The van der Waals surface area contributed by atoms with Crippen LogP contribution in [0.2, 0.25) is 0 Å². The van der Waals surface area contributed by atoms with Crippen LogP contribution in [-0.2, 0) is 13.1 Å². The Morgan fingerprint density at radius 2 is 2.21 bits per heavy atom. The molecule has 2 amide bonds. The quantitative estimate of drug-likeness (QED) is 0.740. The number of benzene rings is 1. The Bertz CT molecular complexity index is 852. The zero-order valence-electron chi connectivity index (χ0n) is 14.0. The fourth-order valence-corrected chi connectivity index (χ4v) is 3.33. The lowest BCUT2D eigenvalue weighted by molar-refractivity contribution is 0.251. The summed E-state index contributed by atoms with van der Waals surface area (Å²) in [5, 5.41) is 6.74. The number of carbonyl (C=O) groups is 1. The van der Waals surface area contributed by atoms with E-state index in [2.05, 4.69) is 39.0 Å². The van der Waals surface area contributed by atoms with Crippen molar-refractivity contribution in [3.63, 3.8) is 0 Å². The molecule has 1 aromatic carbocycles. The van der Waals surface area contributed by atoms with Crippen LogP contribution < -0.4 is 10.6 Å². The summed E-state index contributed by atoms with van der Waals surface area (Å²) in [7, 11) is 0. The predicted octanol–water partition coefficient (Wildman–Crippen LogP) is 3.78. The zero-order chi connectivity index (χ0) is 17.1. The number of imidazole rings is 1. The van der Waals surface area contributed by atoms with E-state index in [1.807, 2.05) is 25.1 Å². The Balaban J connectivity index is 1.59. The molecule has 2 aromatic heterocycles. The van der Waals surface area contributed by atoms with Crippen molar-refractivity contribution in [2.45, 2.75) is 33.9 Å². The van der Waals surface area contributed by atoms with E-state index >= 15 is 0 Å². The average Bonchev–Trinajstić information content (AvgIpc) is 3.09. The van der Waals surface area contributed by atoms with Crippen molar-refractivity contribution in [3.8, 4) is 0 Å². The first-order chi connectivity index (χ1) is 11.5. The fourth-order valence-electron chi connectivity index (χ4n) is 2.52. The molecule has 0 aliphatic rings. The van der Waals surface area contributed by atoms with Crippen LogP contribution in [0.5, 0.6) is 0 Å². The number of nitrogens with zero attached hydrogens (tertiary/aromatic N) is 3. The van der Waals surface area contributed by atoms with Crippen LogP contribution in [-0.4, -0.2) is 20.6 Å². The Morgan fingerprint density at radius 1 is 1.38 bits per heavy atom. The Morgan fingerprint density at radius 3 is 3.00 bits per heavy atom. The van der Waals surface area contributed by atoms with E-state index < -0.39 is 0 Å². The van der Waals surface area contributed by atoms with E-state index in [0.29, 0.717) is 12.5 Å². The maximum Gasteiger partial charge on any atom is 0.319 e. The van der Waals surface area contributed by atoms with E-state index in [9.17, 15) is 4.79 Å². The summed E-state index contributed by atoms with van der Waals surface area (Å²) < 4.78 is 3.19. The van der Waals surface area contributed by atoms with E-state index in [0.717, 1.165) is 33.2 Å². The molecule has 0 aliphatic carbocycles. The SMILES string of the molecule is Cc1nc2cc(NC(=O)NCc3cncn3CC(C)C)ccc2s1. The number of urea groups is 1. The highest BCUT2D eigenvalue weighted by molar-refractivity contribution is 7.18. The number of carbonyl (C=O) groups excluding carboxylic acids is 1. The number of amides is 2. The molecule has 0 fully saturated rings. The van der Waals surface area contributed by atoms with Crippen molar-refractivity contribution in [1.82, 2.24) is 19.9 Å². The van der Waals surface area contributed by atoms with Crippen LogP contribution in [0.1, 0.15) is 24.5 Å². The molecule has 2 heterocycles. The highest BCUT2D eigenvalue weighted by Gasteiger charge is 2.08. The highest BCUT2D eigenvalue weighted by Crippen LogP contribution is 2.24. The van der Waals surface area contributed by atoms with E-state index in [-0.39, 0.29) is 6.03 Å². The maximum atomic E-state index is 12.1. The molecular formula is C17H21N5OS. The van der Waals surface area contributed by atoms with Crippen LogP contribution in [0.15, 0.2) is 30.7 Å². The lowest BCUT2D eigenvalue weighted by atomic mass is 10.2. The van der Waals surface area contributed by atoms with E-state index in [1.165, 1.54) is 0 Å². The standard InChI is InChI=1S/C17H21N5OS/c1-11(2)9-22-10-18-7-14(22)8-19-17(23)21-13-4-5-16-15(6-13)20-12(3)24-16/h4-7,10-11H,8-9H2,1-3H3,(H2,19,21,23). The average molecular weight is 343 g/mol. The molecule has 0 aliphatic heterocycles. The lowest BCUT2D eigenvalue weighted by Crippen LogP contribution is -2.29. The number of hydrogen-bond acceptors (Lipinski definition) is 4. The molecule has 6 nitrogen and oxygen atoms in total. The number of fused-ring (bicyclic) bond motifs is 1. The van der Waals surface area contributed by atoms with Gasteiger partial charge in [0.25, 0.3) is 0 Å². The van der Waals surface area contributed by atoms with Crippen molar-refractivity contribution in [2.24, 2.45) is 5.92 Å². The highest BCUT2D eigenvalue weighted by atomic mass is 32.1. The number of aryl methyl sites for hydroxylation is 1. The summed E-state index contributed by atoms with van der Waals surface area (Å²) in [6.45, 7) is 7.61.